The Balaban J connectivity index is 2.12. The maximum atomic E-state index is 5.69. The van der Waals surface area contributed by atoms with Crippen molar-refractivity contribution in [1.29, 1.82) is 0 Å². The molecule has 0 bridgehead atoms. The highest BCUT2D eigenvalue weighted by Crippen LogP contribution is 2.22. The molecule has 0 radical (unpaired) electrons. The maximum Gasteiger partial charge on any atom is 0.129 e. The van der Waals surface area contributed by atoms with Crippen LogP contribution in [0.25, 0.3) is 0 Å². The average Bonchev–Trinajstić information content (AvgIpc) is 2.47. The number of nitrogens with one attached hydrogen (secondary N) is 1. The average molecular weight is 277 g/mol. The quantitative estimate of drug-likeness (QED) is 0.898. The van der Waals surface area contributed by atoms with E-state index in [0.29, 0.717) is 12.1 Å². The van der Waals surface area contributed by atoms with Gasteiger partial charge in [-0.2, -0.15) is 0 Å². The lowest BCUT2D eigenvalue weighted by atomic mass is 10.1. The van der Waals surface area contributed by atoms with Crippen molar-refractivity contribution >= 4 is 5.82 Å². The molecule has 1 saturated heterocycles. The Morgan fingerprint density at radius 1 is 1.50 bits per heavy atom. The lowest BCUT2D eigenvalue weighted by Gasteiger charge is -2.37. The summed E-state index contributed by atoms with van der Waals surface area (Å²) in [5, 5.41) is 3.53. The fourth-order valence-electron chi connectivity index (χ4n) is 2.56. The molecule has 4 heteroatoms. The van der Waals surface area contributed by atoms with Crippen LogP contribution in [0.3, 0.4) is 0 Å². The minimum absolute atomic E-state index is 0.271. The number of hydrogen-bond donors (Lipinski definition) is 1. The van der Waals surface area contributed by atoms with Crippen LogP contribution < -0.4 is 10.2 Å². The molecule has 1 aliphatic rings. The van der Waals surface area contributed by atoms with Gasteiger partial charge in [0.2, 0.25) is 0 Å². The van der Waals surface area contributed by atoms with Gasteiger partial charge in [0.05, 0.1) is 18.8 Å². The molecule has 112 valence electrons. The molecule has 1 aromatic heterocycles. The van der Waals surface area contributed by atoms with E-state index in [9.17, 15) is 0 Å². The van der Waals surface area contributed by atoms with Crippen molar-refractivity contribution in [3.8, 4) is 0 Å². The zero-order chi connectivity index (χ0) is 14.5. The molecule has 0 saturated carbocycles. The lowest BCUT2D eigenvalue weighted by molar-refractivity contribution is 0.0340. The van der Waals surface area contributed by atoms with Crippen LogP contribution in [0, 0.1) is 0 Å². The Labute approximate surface area is 122 Å². The second kappa shape index (κ2) is 7.04. The van der Waals surface area contributed by atoms with E-state index >= 15 is 0 Å². The van der Waals surface area contributed by atoms with E-state index in [4.69, 9.17) is 4.74 Å². The molecule has 0 amide bonds. The van der Waals surface area contributed by atoms with Gasteiger partial charge >= 0.3 is 0 Å². The van der Waals surface area contributed by atoms with E-state index in [1.165, 1.54) is 5.56 Å². The Morgan fingerprint density at radius 2 is 2.30 bits per heavy atom. The second-order valence-electron chi connectivity index (χ2n) is 5.77. The first-order valence-electron chi connectivity index (χ1n) is 7.69. The van der Waals surface area contributed by atoms with Crippen LogP contribution in [0.4, 0.5) is 5.82 Å². The van der Waals surface area contributed by atoms with E-state index in [-0.39, 0.29) is 6.10 Å². The second-order valence-corrected chi connectivity index (χ2v) is 5.77. The molecule has 0 aliphatic carbocycles. The zero-order valence-electron chi connectivity index (χ0n) is 13.1. The third-order valence-corrected chi connectivity index (χ3v) is 3.87. The summed E-state index contributed by atoms with van der Waals surface area (Å²) in [4.78, 5) is 6.90. The Bertz CT molecular complexity index is 424. The van der Waals surface area contributed by atoms with Gasteiger partial charge in [0.1, 0.15) is 5.82 Å². The summed E-state index contributed by atoms with van der Waals surface area (Å²) in [6, 6.07) is 5.06. The van der Waals surface area contributed by atoms with Gasteiger partial charge in [0, 0.05) is 18.8 Å². The van der Waals surface area contributed by atoms with Crippen LogP contribution in [0.2, 0.25) is 0 Å². The zero-order valence-corrected chi connectivity index (χ0v) is 13.1. The van der Waals surface area contributed by atoms with Crippen LogP contribution in [-0.4, -0.2) is 36.8 Å². The number of nitrogens with zero attached hydrogens (tertiary/aromatic N) is 2. The van der Waals surface area contributed by atoms with Gasteiger partial charge in [0.15, 0.2) is 0 Å². The largest absolute Gasteiger partial charge is 0.375 e. The fraction of sp³-hybridized carbons (Fsp3) is 0.688. The van der Waals surface area contributed by atoms with Crippen LogP contribution in [-0.2, 0) is 4.74 Å². The molecule has 0 aromatic carbocycles. The van der Waals surface area contributed by atoms with Crippen molar-refractivity contribution in [2.75, 3.05) is 24.6 Å². The number of ether oxygens (including phenoxy) is 1. The SMILES string of the molecule is CCCNC(C)c1ccnc(N2CC(C)OCC2C)c1. The van der Waals surface area contributed by atoms with Gasteiger partial charge in [-0.3, -0.25) is 0 Å². The van der Waals surface area contributed by atoms with Gasteiger partial charge in [-0.25, -0.2) is 4.98 Å². The molecule has 1 aromatic rings. The first-order valence-corrected chi connectivity index (χ1v) is 7.69. The molecule has 1 aliphatic heterocycles. The predicted octanol–water partition coefficient (Wildman–Crippen LogP) is 2.76. The Hall–Kier alpha value is -1.13. The molecule has 3 atom stereocenters. The number of rotatable bonds is 5. The van der Waals surface area contributed by atoms with E-state index in [1.807, 2.05) is 6.20 Å². The van der Waals surface area contributed by atoms with Crippen molar-refractivity contribution in [2.45, 2.75) is 52.3 Å². The van der Waals surface area contributed by atoms with Crippen molar-refractivity contribution in [2.24, 2.45) is 0 Å². The third-order valence-electron chi connectivity index (χ3n) is 3.87. The molecule has 4 nitrogen and oxygen atoms in total. The van der Waals surface area contributed by atoms with Crippen molar-refractivity contribution in [3.05, 3.63) is 23.9 Å². The molecule has 20 heavy (non-hydrogen) atoms. The number of morpholine rings is 1. The standard InChI is InChI=1S/C16H27N3O/c1-5-7-17-14(4)15-6-8-18-16(9-15)19-10-13(3)20-11-12(19)2/h6,8-9,12-14,17H,5,7,10-11H2,1-4H3. The molecule has 3 unspecified atom stereocenters. The summed E-state index contributed by atoms with van der Waals surface area (Å²) in [6.45, 7) is 11.4. The third kappa shape index (κ3) is 3.70. The predicted molar refractivity (Wildman–Crippen MR) is 83.2 cm³/mol. The fourth-order valence-corrected chi connectivity index (χ4v) is 2.56. The summed E-state index contributed by atoms with van der Waals surface area (Å²) in [5.41, 5.74) is 1.30. The van der Waals surface area contributed by atoms with Crippen LogP contribution in [0.15, 0.2) is 18.3 Å². The first kappa shape index (κ1) is 15.3. The number of anilines is 1. The highest BCUT2D eigenvalue weighted by Gasteiger charge is 2.24. The minimum atomic E-state index is 0.271. The van der Waals surface area contributed by atoms with E-state index < -0.39 is 0 Å². The van der Waals surface area contributed by atoms with E-state index in [0.717, 1.165) is 31.9 Å². The smallest absolute Gasteiger partial charge is 0.129 e. The first-order chi connectivity index (χ1) is 9.61. The van der Waals surface area contributed by atoms with Crippen molar-refractivity contribution in [1.82, 2.24) is 10.3 Å². The van der Waals surface area contributed by atoms with Crippen molar-refractivity contribution < 1.29 is 4.74 Å². The monoisotopic (exact) mass is 277 g/mol. The summed E-state index contributed by atoms with van der Waals surface area (Å²) < 4.78 is 5.69. The highest BCUT2D eigenvalue weighted by atomic mass is 16.5. The van der Waals surface area contributed by atoms with Gasteiger partial charge in [-0.1, -0.05) is 6.92 Å². The molecule has 1 N–H and O–H groups in total. The minimum Gasteiger partial charge on any atom is -0.375 e. The molecule has 2 heterocycles. The lowest BCUT2D eigenvalue weighted by Crippen LogP contribution is -2.47. The molecule has 2 rings (SSSR count). The Kier molecular flexibility index (Phi) is 5.38. The molecular formula is C16H27N3O. The van der Waals surface area contributed by atoms with Crippen LogP contribution in [0.5, 0.6) is 0 Å². The number of hydrogen-bond acceptors (Lipinski definition) is 4. The summed E-state index contributed by atoms with van der Waals surface area (Å²) in [6.07, 6.45) is 3.34. The van der Waals surface area contributed by atoms with Crippen LogP contribution >= 0.6 is 0 Å². The van der Waals surface area contributed by atoms with E-state index in [2.05, 4.69) is 55.0 Å². The van der Waals surface area contributed by atoms with Gasteiger partial charge in [-0.15, -0.1) is 0 Å². The van der Waals surface area contributed by atoms with Gasteiger partial charge in [0.25, 0.3) is 0 Å². The maximum absolute atomic E-state index is 5.69. The summed E-state index contributed by atoms with van der Waals surface area (Å²) in [5.74, 6) is 1.07. The number of aromatic nitrogens is 1. The van der Waals surface area contributed by atoms with Gasteiger partial charge < -0.3 is 15.0 Å². The highest BCUT2D eigenvalue weighted by molar-refractivity contribution is 5.43. The van der Waals surface area contributed by atoms with E-state index in [1.54, 1.807) is 0 Å². The van der Waals surface area contributed by atoms with Crippen molar-refractivity contribution in [3.63, 3.8) is 0 Å². The summed E-state index contributed by atoms with van der Waals surface area (Å²) >= 11 is 0. The normalized spacial score (nSPS) is 24.7. The Morgan fingerprint density at radius 3 is 3.05 bits per heavy atom. The number of pyridine rings is 1. The summed E-state index contributed by atoms with van der Waals surface area (Å²) in [7, 11) is 0. The topological polar surface area (TPSA) is 37.4 Å². The molecule has 0 spiro atoms. The van der Waals surface area contributed by atoms with Crippen LogP contribution in [0.1, 0.15) is 45.7 Å². The van der Waals surface area contributed by atoms with Gasteiger partial charge in [-0.05, 0) is 51.4 Å². The molecule has 1 fully saturated rings. The molecular weight excluding hydrogens is 250 g/mol.